The molecule has 0 saturated carbocycles. The highest BCUT2D eigenvalue weighted by Gasteiger charge is 2.48. The van der Waals surface area contributed by atoms with Crippen LogP contribution in [0.4, 0.5) is 19.3 Å². The van der Waals surface area contributed by atoms with E-state index in [2.05, 4.69) is 0 Å². The molecule has 6 rings (SSSR count). The van der Waals surface area contributed by atoms with Gasteiger partial charge in [-0.1, -0.05) is 36.4 Å². The molecule has 3 aliphatic rings. The molecule has 1 unspecified atom stereocenters. The monoisotopic (exact) mass is 493 g/mol. The van der Waals surface area contributed by atoms with E-state index in [0.29, 0.717) is 18.2 Å². The highest BCUT2D eigenvalue weighted by atomic mass is 19.1. The summed E-state index contributed by atoms with van der Waals surface area (Å²) >= 11 is 0. The van der Waals surface area contributed by atoms with Crippen LogP contribution in [0.3, 0.4) is 0 Å². The average molecular weight is 494 g/mol. The molecule has 1 amide bonds. The molecule has 0 N–H and O–H groups in total. The van der Waals surface area contributed by atoms with E-state index in [-0.39, 0.29) is 18.5 Å². The number of carbonyl (C=O) groups excluding carboxylic acids is 1. The number of benzene rings is 3. The first-order valence-electron chi connectivity index (χ1n) is 12.5. The van der Waals surface area contributed by atoms with Gasteiger partial charge in [0.1, 0.15) is 37.1 Å². The van der Waals surface area contributed by atoms with E-state index in [1.165, 1.54) is 29.2 Å². The van der Waals surface area contributed by atoms with Gasteiger partial charge in [0.25, 0.3) is 0 Å². The third-order valence-corrected chi connectivity index (χ3v) is 7.47. The van der Waals surface area contributed by atoms with Crippen molar-refractivity contribution in [3.8, 4) is 5.75 Å². The number of quaternary nitrogens is 1. The van der Waals surface area contributed by atoms with Gasteiger partial charge in [-0.25, -0.2) is 13.6 Å². The molecule has 2 bridgehead atoms. The van der Waals surface area contributed by atoms with Crippen LogP contribution in [0.5, 0.6) is 5.75 Å². The van der Waals surface area contributed by atoms with Crippen LogP contribution < -0.4 is 9.64 Å². The zero-order valence-corrected chi connectivity index (χ0v) is 20.2. The molecule has 3 aromatic carbocycles. The van der Waals surface area contributed by atoms with Gasteiger partial charge in [-0.15, -0.1) is 0 Å². The van der Waals surface area contributed by atoms with Crippen LogP contribution in [0.25, 0.3) is 0 Å². The summed E-state index contributed by atoms with van der Waals surface area (Å²) in [7, 11) is 0. The predicted octanol–water partition coefficient (Wildman–Crippen LogP) is 5.80. The molecule has 3 fully saturated rings. The molecule has 1 atom stereocenters. The van der Waals surface area contributed by atoms with Crippen LogP contribution in [-0.4, -0.2) is 49.5 Å². The second-order valence-corrected chi connectivity index (χ2v) is 9.81. The smallest absolute Gasteiger partial charge is 0.415 e. The Hall–Kier alpha value is -3.45. The lowest BCUT2D eigenvalue weighted by molar-refractivity contribution is -0.946. The van der Waals surface area contributed by atoms with E-state index >= 15 is 0 Å². The van der Waals surface area contributed by atoms with Crippen LogP contribution in [-0.2, 0) is 11.3 Å². The van der Waals surface area contributed by atoms with Crippen LogP contribution >= 0.6 is 0 Å². The number of fused-ring (bicyclic) bond motifs is 3. The Morgan fingerprint density at radius 1 is 0.917 bits per heavy atom. The Balaban J connectivity index is 1.27. The highest BCUT2D eigenvalue weighted by molar-refractivity contribution is 5.87. The zero-order valence-electron chi connectivity index (χ0n) is 20.2. The number of nitrogens with zero attached hydrogens (tertiary/aromatic N) is 2. The molecule has 0 aromatic heterocycles. The minimum atomic E-state index is -0.512. The lowest BCUT2D eigenvalue weighted by Crippen LogP contribution is -2.65. The zero-order chi connectivity index (χ0) is 25.0. The molecular weight excluding hydrogens is 462 g/mol. The summed E-state index contributed by atoms with van der Waals surface area (Å²) in [6.45, 7) is 4.49. The Morgan fingerprint density at radius 3 is 2.39 bits per heavy atom. The predicted molar refractivity (Wildman–Crippen MR) is 134 cm³/mol. The van der Waals surface area contributed by atoms with Crippen molar-refractivity contribution in [3.63, 3.8) is 0 Å². The first-order chi connectivity index (χ1) is 17.5. The molecule has 36 heavy (non-hydrogen) atoms. The van der Waals surface area contributed by atoms with Gasteiger partial charge in [0.2, 0.25) is 0 Å². The van der Waals surface area contributed by atoms with Crippen molar-refractivity contribution in [2.24, 2.45) is 5.92 Å². The quantitative estimate of drug-likeness (QED) is 0.373. The fourth-order valence-electron chi connectivity index (χ4n) is 5.41. The van der Waals surface area contributed by atoms with Crippen LogP contribution in [0.15, 0.2) is 78.9 Å². The maximum atomic E-state index is 14.0. The lowest BCUT2D eigenvalue weighted by atomic mass is 9.83. The Labute approximate surface area is 210 Å². The van der Waals surface area contributed by atoms with E-state index in [9.17, 15) is 13.6 Å². The number of hydrogen-bond acceptors (Lipinski definition) is 3. The second kappa shape index (κ2) is 10.7. The fraction of sp³-hybridized carbons (Fsp3) is 0.345. The minimum Gasteiger partial charge on any atom is -0.488 e. The third-order valence-electron chi connectivity index (χ3n) is 7.47. The van der Waals surface area contributed by atoms with E-state index in [0.717, 1.165) is 54.8 Å². The summed E-state index contributed by atoms with van der Waals surface area (Å²) < 4.78 is 40.4. The highest BCUT2D eigenvalue weighted by Crippen LogP contribution is 2.36. The second-order valence-electron chi connectivity index (χ2n) is 9.81. The molecule has 5 nitrogen and oxygen atoms in total. The van der Waals surface area contributed by atoms with Crippen LogP contribution in [0.1, 0.15) is 18.4 Å². The SMILES string of the molecule is O=C(OC1C[N+]2(CCOc3ccccc3)CCC1CC2)N(Cc1ccc(F)cc1)c1cccc(F)c1. The summed E-state index contributed by atoms with van der Waals surface area (Å²) in [5, 5.41) is 0. The molecule has 3 aromatic rings. The Kier molecular flexibility index (Phi) is 7.18. The molecule has 3 aliphatic heterocycles. The van der Waals surface area contributed by atoms with Gasteiger partial charge < -0.3 is 14.0 Å². The number of hydrogen-bond donors (Lipinski definition) is 0. The summed E-state index contributed by atoms with van der Waals surface area (Å²) in [5.74, 6) is 0.396. The number of piperidine rings is 3. The number of carbonyl (C=O) groups is 1. The fourth-order valence-corrected chi connectivity index (χ4v) is 5.41. The van der Waals surface area contributed by atoms with Crippen molar-refractivity contribution in [1.82, 2.24) is 0 Å². The van der Waals surface area contributed by atoms with Gasteiger partial charge in [-0.3, -0.25) is 4.90 Å². The van der Waals surface area contributed by atoms with E-state index in [4.69, 9.17) is 9.47 Å². The number of para-hydroxylation sites is 1. The van der Waals surface area contributed by atoms with Gasteiger partial charge in [0.05, 0.1) is 25.3 Å². The molecule has 3 saturated heterocycles. The number of anilines is 1. The number of rotatable bonds is 8. The van der Waals surface area contributed by atoms with Gasteiger partial charge in [-0.2, -0.15) is 0 Å². The average Bonchev–Trinajstić information content (AvgIpc) is 2.89. The van der Waals surface area contributed by atoms with Crippen molar-refractivity contribution in [1.29, 1.82) is 0 Å². The molecule has 0 spiro atoms. The van der Waals surface area contributed by atoms with Crippen molar-refractivity contribution in [3.05, 3.63) is 96.1 Å². The topological polar surface area (TPSA) is 38.8 Å². The van der Waals surface area contributed by atoms with Gasteiger partial charge in [-0.05, 0) is 48.0 Å². The third kappa shape index (κ3) is 5.68. The number of halogens is 2. The van der Waals surface area contributed by atoms with Gasteiger partial charge >= 0.3 is 6.09 Å². The molecular formula is C29H31F2N2O3+. The Morgan fingerprint density at radius 2 is 1.67 bits per heavy atom. The number of amides is 1. The molecule has 3 heterocycles. The molecule has 0 aliphatic carbocycles. The van der Waals surface area contributed by atoms with Crippen LogP contribution in [0, 0.1) is 17.6 Å². The standard InChI is InChI=1S/C29H31F2N2O3/c30-24-11-9-22(10-12-24)20-32(26-6-4-5-25(31)19-26)29(34)36-28-21-33(15-13-23(28)14-16-33)17-18-35-27-7-2-1-3-8-27/h1-12,19,23,28H,13-18,20-21H2/q+1. The normalized spacial score (nSPS) is 22.7. The molecule has 7 heteroatoms. The van der Waals surface area contributed by atoms with E-state index in [1.54, 1.807) is 24.3 Å². The summed E-state index contributed by atoms with van der Waals surface area (Å²) in [6, 6.07) is 21.6. The number of ether oxygens (including phenoxy) is 2. The van der Waals surface area contributed by atoms with Gasteiger partial charge in [0, 0.05) is 18.8 Å². The Bertz CT molecular complexity index is 1160. The summed E-state index contributed by atoms with van der Waals surface area (Å²) in [4.78, 5) is 14.9. The summed E-state index contributed by atoms with van der Waals surface area (Å²) in [6.07, 6.45) is 1.28. The lowest BCUT2D eigenvalue weighted by Gasteiger charge is -2.52. The first kappa shape index (κ1) is 24.3. The van der Waals surface area contributed by atoms with Crippen LogP contribution in [0.2, 0.25) is 0 Å². The van der Waals surface area contributed by atoms with Crippen molar-refractivity contribution in [2.45, 2.75) is 25.5 Å². The maximum absolute atomic E-state index is 14.0. The van der Waals surface area contributed by atoms with E-state index < -0.39 is 11.9 Å². The van der Waals surface area contributed by atoms with E-state index in [1.807, 2.05) is 30.3 Å². The largest absolute Gasteiger partial charge is 0.488 e. The maximum Gasteiger partial charge on any atom is 0.415 e. The van der Waals surface area contributed by atoms with Gasteiger partial charge in [0.15, 0.2) is 6.10 Å². The minimum absolute atomic E-state index is 0.158. The van der Waals surface area contributed by atoms with Crippen molar-refractivity contribution in [2.75, 3.05) is 37.7 Å². The summed E-state index contributed by atoms with van der Waals surface area (Å²) in [5.41, 5.74) is 1.14. The molecule has 0 radical (unpaired) electrons. The molecule has 188 valence electrons. The van der Waals surface area contributed by atoms with Crippen molar-refractivity contribution >= 4 is 11.8 Å². The first-order valence-corrected chi connectivity index (χ1v) is 12.5. The van der Waals surface area contributed by atoms with Crippen molar-refractivity contribution < 1.29 is 27.5 Å².